The number of rotatable bonds is 4. The van der Waals surface area contributed by atoms with E-state index in [1.807, 2.05) is 29.2 Å². The molecule has 110 valence electrons. The van der Waals surface area contributed by atoms with E-state index in [4.69, 9.17) is 0 Å². The molecule has 4 heteroatoms. The number of hydrogen-bond acceptors (Lipinski definition) is 3. The van der Waals surface area contributed by atoms with E-state index in [2.05, 4.69) is 31.1 Å². The molecule has 2 rings (SSSR count). The van der Waals surface area contributed by atoms with Crippen LogP contribution in [0.5, 0.6) is 0 Å². The van der Waals surface area contributed by atoms with E-state index in [0.717, 1.165) is 43.9 Å². The molecule has 0 aromatic heterocycles. The molecule has 1 aliphatic heterocycles. The third-order valence-electron chi connectivity index (χ3n) is 4.05. The maximum absolute atomic E-state index is 12.5. The van der Waals surface area contributed by atoms with Crippen LogP contribution in [0.3, 0.4) is 0 Å². The van der Waals surface area contributed by atoms with Gasteiger partial charge in [-0.1, -0.05) is 6.92 Å². The van der Waals surface area contributed by atoms with E-state index in [1.165, 1.54) is 0 Å². The third-order valence-corrected chi connectivity index (χ3v) is 4.05. The van der Waals surface area contributed by atoms with Gasteiger partial charge in [-0.05, 0) is 44.7 Å². The summed E-state index contributed by atoms with van der Waals surface area (Å²) in [5, 5.41) is 3.24. The topological polar surface area (TPSA) is 35.6 Å². The molecule has 1 N–H and O–H groups in total. The molecule has 1 amide bonds. The van der Waals surface area contributed by atoms with Gasteiger partial charge in [0.2, 0.25) is 0 Å². The number of carbonyl (C=O) groups is 1. The standard InChI is InChI=1S/C16H25N3O/c1-4-15-12-19(11-10-18(15)3)16(20)13-6-8-14(9-7-13)17-5-2/h6-9,15,17H,4-5,10-12H2,1-3H3. The van der Waals surface area contributed by atoms with Crippen LogP contribution in [0, 0.1) is 0 Å². The van der Waals surface area contributed by atoms with Gasteiger partial charge in [0, 0.05) is 43.5 Å². The van der Waals surface area contributed by atoms with Crippen molar-refractivity contribution in [1.29, 1.82) is 0 Å². The molecule has 1 atom stereocenters. The average molecular weight is 275 g/mol. The van der Waals surface area contributed by atoms with Crippen molar-refractivity contribution in [2.75, 3.05) is 38.5 Å². The lowest BCUT2D eigenvalue weighted by Gasteiger charge is -2.39. The quantitative estimate of drug-likeness (QED) is 0.915. The average Bonchev–Trinajstić information content (AvgIpc) is 2.48. The van der Waals surface area contributed by atoms with Gasteiger partial charge in [0.15, 0.2) is 0 Å². The van der Waals surface area contributed by atoms with E-state index < -0.39 is 0 Å². The number of hydrogen-bond donors (Lipinski definition) is 1. The zero-order chi connectivity index (χ0) is 14.5. The summed E-state index contributed by atoms with van der Waals surface area (Å²) in [4.78, 5) is 16.9. The predicted octanol–water partition coefficient (Wildman–Crippen LogP) is 2.28. The van der Waals surface area contributed by atoms with Crippen molar-refractivity contribution in [3.63, 3.8) is 0 Å². The van der Waals surface area contributed by atoms with Crippen LogP contribution < -0.4 is 5.32 Å². The lowest BCUT2D eigenvalue weighted by Crippen LogP contribution is -2.52. The predicted molar refractivity (Wildman–Crippen MR) is 83.2 cm³/mol. The Kier molecular flexibility index (Phi) is 5.01. The first-order chi connectivity index (χ1) is 9.65. The van der Waals surface area contributed by atoms with Gasteiger partial charge in [0.1, 0.15) is 0 Å². The molecule has 4 nitrogen and oxygen atoms in total. The maximum atomic E-state index is 12.5. The highest BCUT2D eigenvalue weighted by Crippen LogP contribution is 2.16. The first-order valence-corrected chi connectivity index (χ1v) is 7.49. The maximum Gasteiger partial charge on any atom is 0.253 e. The Bertz CT molecular complexity index is 444. The lowest BCUT2D eigenvalue weighted by atomic mass is 10.1. The molecular weight excluding hydrogens is 250 g/mol. The van der Waals surface area contributed by atoms with Crippen LogP contribution in [0.15, 0.2) is 24.3 Å². The number of nitrogens with zero attached hydrogens (tertiary/aromatic N) is 2. The van der Waals surface area contributed by atoms with E-state index >= 15 is 0 Å². The fourth-order valence-electron chi connectivity index (χ4n) is 2.69. The van der Waals surface area contributed by atoms with Gasteiger partial charge in [-0.2, -0.15) is 0 Å². The third kappa shape index (κ3) is 3.31. The van der Waals surface area contributed by atoms with Crippen molar-refractivity contribution >= 4 is 11.6 Å². The second kappa shape index (κ2) is 6.75. The summed E-state index contributed by atoms with van der Waals surface area (Å²) in [6.45, 7) is 7.75. The zero-order valence-corrected chi connectivity index (χ0v) is 12.7. The molecule has 0 spiro atoms. The smallest absolute Gasteiger partial charge is 0.253 e. The van der Waals surface area contributed by atoms with E-state index in [-0.39, 0.29) is 5.91 Å². The number of nitrogens with one attached hydrogen (secondary N) is 1. The fraction of sp³-hybridized carbons (Fsp3) is 0.562. The Hall–Kier alpha value is -1.55. The lowest BCUT2D eigenvalue weighted by molar-refractivity contribution is 0.0542. The number of likely N-dealkylation sites (N-methyl/N-ethyl adjacent to an activating group) is 1. The Balaban J connectivity index is 2.03. The molecule has 1 aromatic carbocycles. The molecule has 0 bridgehead atoms. The molecule has 1 aliphatic rings. The van der Waals surface area contributed by atoms with Crippen molar-refractivity contribution in [3.05, 3.63) is 29.8 Å². The Morgan fingerprint density at radius 3 is 2.55 bits per heavy atom. The number of carbonyl (C=O) groups excluding carboxylic acids is 1. The van der Waals surface area contributed by atoms with Gasteiger partial charge in [0.25, 0.3) is 5.91 Å². The summed E-state index contributed by atoms with van der Waals surface area (Å²) in [5.74, 6) is 0.152. The van der Waals surface area contributed by atoms with Crippen LogP contribution >= 0.6 is 0 Å². The van der Waals surface area contributed by atoms with Gasteiger partial charge in [-0.25, -0.2) is 0 Å². The minimum atomic E-state index is 0.152. The van der Waals surface area contributed by atoms with Crippen molar-refractivity contribution < 1.29 is 4.79 Å². The molecule has 1 unspecified atom stereocenters. The van der Waals surface area contributed by atoms with E-state index in [0.29, 0.717) is 6.04 Å². The molecular formula is C16H25N3O. The number of amides is 1. The van der Waals surface area contributed by atoms with E-state index in [9.17, 15) is 4.79 Å². The molecule has 1 fully saturated rings. The van der Waals surface area contributed by atoms with E-state index in [1.54, 1.807) is 0 Å². The van der Waals surface area contributed by atoms with Crippen molar-refractivity contribution in [2.45, 2.75) is 26.3 Å². The molecule has 0 radical (unpaired) electrons. The molecule has 1 aromatic rings. The second-order valence-corrected chi connectivity index (χ2v) is 5.40. The number of benzene rings is 1. The van der Waals surface area contributed by atoms with Crippen LogP contribution in [0.25, 0.3) is 0 Å². The molecule has 1 saturated heterocycles. The minimum Gasteiger partial charge on any atom is -0.385 e. The zero-order valence-electron chi connectivity index (χ0n) is 12.7. The summed E-state index contributed by atoms with van der Waals surface area (Å²) < 4.78 is 0. The van der Waals surface area contributed by atoms with Crippen LogP contribution in [0.1, 0.15) is 30.6 Å². The first-order valence-electron chi connectivity index (χ1n) is 7.49. The second-order valence-electron chi connectivity index (χ2n) is 5.40. The fourth-order valence-corrected chi connectivity index (χ4v) is 2.69. The Labute approximate surface area is 121 Å². The van der Waals surface area contributed by atoms with Crippen molar-refractivity contribution in [3.8, 4) is 0 Å². The SMILES string of the molecule is CCNc1ccc(C(=O)N2CCN(C)C(CC)C2)cc1. The summed E-state index contributed by atoms with van der Waals surface area (Å²) in [6.07, 6.45) is 1.08. The highest BCUT2D eigenvalue weighted by Gasteiger charge is 2.26. The molecule has 0 aliphatic carbocycles. The monoisotopic (exact) mass is 275 g/mol. The Morgan fingerprint density at radius 2 is 1.95 bits per heavy atom. The number of piperazine rings is 1. The van der Waals surface area contributed by atoms with Gasteiger partial charge in [-0.15, -0.1) is 0 Å². The minimum absolute atomic E-state index is 0.152. The summed E-state index contributed by atoms with van der Waals surface area (Å²) >= 11 is 0. The van der Waals surface area contributed by atoms with Gasteiger partial charge < -0.3 is 10.2 Å². The molecule has 0 saturated carbocycles. The number of anilines is 1. The summed E-state index contributed by atoms with van der Waals surface area (Å²) in [6, 6.07) is 8.27. The first kappa shape index (κ1) is 14.9. The Morgan fingerprint density at radius 1 is 1.25 bits per heavy atom. The van der Waals surface area contributed by atoms with Crippen LogP contribution in [0.4, 0.5) is 5.69 Å². The summed E-state index contributed by atoms with van der Waals surface area (Å²) in [5.41, 5.74) is 1.85. The van der Waals surface area contributed by atoms with Crippen LogP contribution in [0.2, 0.25) is 0 Å². The highest BCUT2D eigenvalue weighted by atomic mass is 16.2. The van der Waals surface area contributed by atoms with Crippen molar-refractivity contribution in [1.82, 2.24) is 9.80 Å². The molecule has 1 heterocycles. The van der Waals surface area contributed by atoms with Crippen LogP contribution in [-0.4, -0.2) is 55.0 Å². The normalized spacial score (nSPS) is 19.9. The summed E-state index contributed by atoms with van der Waals surface area (Å²) in [7, 11) is 2.14. The van der Waals surface area contributed by atoms with Gasteiger partial charge in [-0.3, -0.25) is 9.69 Å². The van der Waals surface area contributed by atoms with Gasteiger partial charge >= 0.3 is 0 Å². The highest BCUT2D eigenvalue weighted by molar-refractivity contribution is 5.94. The largest absolute Gasteiger partial charge is 0.385 e. The van der Waals surface area contributed by atoms with Gasteiger partial charge in [0.05, 0.1) is 0 Å². The molecule has 20 heavy (non-hydrogen) atoms. The van der Waals surface area contributed by atoms with Crippen LogP contribution in [-0.2, 0) is 0 Å². The van der Waals surface area contributed by atoms with Crippen molar-refractivity contribution in [2.24, 2.45) is 0 Å².